The van der Waals surface area contributed by atoms with Crippen molar-refractivity contribution in [2.75, 3.05) is 65.9 Å². The summed E-state index contributed by atoms with van der Waals surface area (Å²) in [5.41, 5.74) is 0. The van der Waals surface area contributed by atoms with Gasteiger partial charge in [0.1, 0.15) is 18.0 Å². The molecule has 6 N–H and O–H groups in total. The molecule has 0 saturated carbocycles. The van der Waals surface area contributed by atoms with E-state index in [0.717, 1.165) is 103 Å². The summed E-state index contributed by atoms with van der Waals surface area (Å²) in [5.74, 6) is -3.34. The van der Waals surface area contributed by atoms with E-state index in [1.807, 2.05) is 0 Å². The molecule has 0 aliphatic rings. The molecule has 22 nitrogen and oxygen atoms in total. The molecule has 0 bridgehead atoms. The monoisotopic (exact) mass is 1300 g/mol. The van der Waals surface area contributed by atoms with Gasteiger partial charge in [-0.05, 0) is 38.5 Å². The van der Waals surface area contributed by atoms with Crippen molar-refractivity contribution >= 4 is 50.8 Å². The van der Waals surface area contributed by atoms with E-state index in [9.17, 15) is 57.9 Å². The van der Waals surface area contributed by atoms with Gasteiger partial charge in [-0.1, -0.05) is 195 Å². The summed E-state index contributed by atoms with van der Waals surface area (Å²) in [6.45, 7) is 5.49. The van der Waals surface area contributed by atoms with Crippen LogP contribution in [-0.2, 0) is 65.5 Å². The SMILES string of the molecule is CCCCCCCCCCCC(=O)CC(=O)NC(COCC[C@H](O)CCCCCCC)COP(=O)([O-])OCCNC(=O)CC(=O)NCCOP(=O)([O-])OCC(COCC[C@H](O)CCCCCCC)NC(=O)CC(=O)CCCCCCCCCCC.[Na+].[Na+]. The van der Waals surface area contributed by atoms with Crippen LogP contribution in [-0.4, -0.2) is 136 Å². The zero-order valence-electron chi connectivity index (χ0n) is 54.9. The normalized spacial score (nSPS) is 14.1. The second-order valence-corrected chi connectivity index (χ2v) is 25.4. The van der Waals surface area contributed by atoms with Crippen molar-refractivity contribution in [2.24, 2.45) is 0 Å². The molecule has 6 atom stereocenters. The molecule has 87 heavy (non-hydrogen) atoms. The third-order valence-corrected chi connectivity index (χ3v) is 16.1. The number of phosphoric acid groups is 2. The third kappa shape index (κ3) is 62.5. The predicted octanol–water partition coefficient (Wildman–Crippen LogP) is 3.61. The standard InChI is InChI=1S/C61H118N4O18P2.2Na/c1-5-9-13-17-19-21-23-27-31-35-56(68)45-60(72)64-52(48-78-41-37-54(66)33-29-25-15-11-7-3)50-82-84(74,75)80-43-39-62-58(70)47-59(71)63-40-44-81-85(76,77)83-51-53(49-79-42-38-55(67)34-30-26-16-12-8-4)65-61(73)46-57(69)36-32-28-24-22-20-18-14-10-6-2;;/h52-55,66-67H,5-51H2,1-4H3,(H,62,70)(H,63,71)(H,64,72)(H,65,73)(H,74,75)(H,76,77);;/q;2*+1/p-2/t52?,53?,54-,55-;;/m1../s1. The predicted molar refractivity (Wildman–Crippen MR) is 326 cm³/mol. The van der Waals surface area contributed by atoms with E-state index < -0.39 is 109 Å². The van der Waals surface area contributed by atoms with Crippen LogP contribution >= 0.6 is 15.6 Å². The van der Waals surface area contributed by atoms with E-state index in [1.54, 1.807) is 0 Å². The number of Topliss-reactive ketones (excluding diaryl/α,β-unsaturated/α-hetero) is 2. The summed E-state index contributed by atoms with van der Waals surface area (Å²) in [6.07, 6.45) is 29.8. The van der Waals surface area contributed by atoms with Gasteiger partial charge in [0.2, 0.25) is 23.6 Å². The molecule has 0 aromatic carbocycles. The summed E-state index contributed by atoms with van der Waals surface area (Å²) in [5, 5.41) is 30.7. The maximum absolute atomic E-state index is 12.9. The summed E-state index contributed by atoms with van der Waals surface area (Å²) in [7, 11) is -10.0. The van der Waals surface area contributed by atoms with Gasteiger partial charge < -0.3 is 68.8 Å². The Hall–Kier alpha value is -0.720. The van der Waals surface area contributed by atoms with E-state index in [1.165, 1.54) is 64.2 Å². The molecule has 26 heteroatoms. The number of hydrogen-bond donors (Lipinski definition) is 6. The van der Waals surface area contributed by atoms with Crippen molar-refractivity contribution in [2.45, 2.75) is 290 Å². The van der Waals surface area contributed by atoms with Gasteiger partial charge in [-0.15, -0.1) is 0 Å². The van der Waals surface area contributed by atoms with Crippen LogP contribution in [0.4, 0.5) is 0 Å². The second-order valence-electron chi connectivity index (χ2n) is 22.6. The molecule has 0 heterocycles. The Morgan fingerprint density at radius 1 is 0.379 bits per heavy atom. The molecule has 4 amide bonds. The van der Waals surface area contributed by atoms with Crippen LogP contribution < -0.4 is 90.2 Å². The van der Waals surface area contributed by atoms with Gasteiger partial charge >= 0.3 is 59.1 Å². The minimum Gasteiger partial charge on any atom is -0.756 e. The number of aliphatic hydroxyl groups excluding tert-OH is 2. The molecule has 0 aromatic heterocycles. The van der Waals surface area contributed by atoms with Gasteiger partial charge in [0.25, 0.3) is 15.6 Å². The Morgan fingerprint density at radius 3 is 1.00 bits per heavy atom. The number of nitrogens with one attached hydrogen (secondary N) is 4. The fraction of sp³-hybridized carbons (Fsp3) is 0.902. The van der Waals surface area contributed by atoms with Crippen molar-refractivity contribution in [1.82, 2.24) is 21.3 Å². The van der Waals surface area contributed by atoms with Gasteiger partial charge in [0.05, 0.1) is 76.8 Å². The summed E-state index contributed by atoms with van der Waals surface area (Å²) >= 11 is 0. The average molecular weight is 1300 g/mol. The number of unbranched alkanes of at least 4 members (excludes halogenated alkanes) is 24. The van der Waals surface area contributed by atoms with Gasteiger partial charge in [0, 0.05) is 39.1 Å². The molecule has 0 aliphatic carbocycles. The molecule has 0 saturated heterocycles. The van der Waals surface area contributed by atoms with Crippen molar-refractivity contribution < 1.29 is 145 Å². The fourth-order valence-corrected chi connectivity index (χ4v) is 10.7. The molecular formula is C61H116N4Na2O18P2. The van der Waals surface area contributed by atoms with Crippen molar-refractivity contribution in [3.63, 3.8) is 0 Å². The van der Waals surface area contributed by atoms with Gasteiger partial charge in [-0.25, -0.2) is 0 Å². The molecular weight excluding hydrogens is 1180 g/mol. The minimum atomic E-state index is -5.01. The molecule has 0 rings (SSSR count). The van der Waals surface area contributed by atoms with Crippen LogP contribution in [0.2, 0.25) is 0 Å². The fourth-order valence-electron chi connectivity index (χ4n) is 9.17. The quantitative estimate of drug-likeness (QED) is 0.0219. The van der Waals surface area contributed by atoms with E-state index >= 15 is 0 Å². The number of ketones is 2. The second kappa shape index (κ2) is 62.7. The van der Waals surface area contributed by atoms with Crippen LogP contribution in [0.5, 0.6) is 0 Å². The zero-order chi connectivity index (χ0) is 63.1. The largest absolute Gasteiger partial charge is 1.00 e. The van der Waals surface area contributed by atoms with Gasteiger partial charge in [-0.3, -0.25) is 37.9 Å². The molecule has 500 valence electrons. The zero-order valence-corrected chi connectivity index (χ0v) is 60.7. The third-order valence-electron chi connectivity index (χ3n) is 14.2. The summed E-state index contributed by atoms with van der Waals surface area (Å²) in [6, 6.07) is -1.99. The first-order valence-electron chi connectivity index (χ1n) is 32.7. The Balaban J connectivity index is -0.0000353. The van der Waals surface area contributed by atoms with Crippen LogP contribution in [0.3, 0.4) is 0 Å². The Bertz CT molecular complexity index is 1690. The van der Waals surface area contributed by atoms with Gasteiger partial charge in [0.15, 0.2) is 0 Å². The van der Waals surface area contributed by atoms with Gasteiger partial charge in [-0.2, -0.15) is 0 Å². The van der Waals surface area contributed by atoms with Crippen molar-refractivity contribution in [1.29, 1.82) is 0 Å². The first kappa shape index (κ1) is 90.5. The number of rotatable bonds is 64. The van der Waals surface area contributed by atoms with Crippen molar-refractivity contribution in [3.05, 3.63) is 0 Å². The molecule has 0 aromatic rings. The number of ether oxygens (including phenoxy) is 2. The minimum absolute atomic E-state index is 0. The molecule has 0 fully saturated rings. The maximum atomic E-state index is 12.9. The topological polar surface area (TPSA) is 327 Å². The summed E-state index contributed by atoms with van der Waals surface area (Å²) < 4.78 is 56.6. The number of hydrogen-bond acceptors (Lipinski definition) is 18. The molecule has 0 aliphatic heterocycles. The number of aliphatic hydroxyl groups is 2. The smallest absolute Gasteiger partial charge is 0.756 e. The number of phosphoric ester groups is 2. The van der Waals surface area contributed by atoms with Crippen molar-refractivity contribution in [3.8, 4) is 0 Å². The average Bonchev–Trinajstić information content (AvgIpc) is 3.66. The van der Waals surface area contributed by atoms with Crippen LogP contribution in [0.25, 0.3) is 0 Å². The Labute approximate surface area is 568 Å². The van der Waals surface area contributed by atoms with E-state index in [0.29, 0.717) is 38.5 Å². The van der Waals surface area contributed by atoms with Crippen LogP contribution in [0.1, 0.15) is 265 Å². The number of amides is 4. The van der Waals surface area contributed by atoms with E-state index in [2.05, 4.69) is 49.0 Å². The molecule has 0 radical (unpaired) electrons. The van der Waals surface area contributed by atoms with E-state index in [4.69, 9.17) is 27.6 Å². The first-order valence-corrected chi connectivity index (χ1v) is 35.6. The Morgan fingerprint density at radius 2 is 0.678 bits per heavy atom. The maximum Gasteiger partial charge on any atom is 1.00 e. The van der Waals surface area contributed by atoms with Crippen LogP contribution in [0, 0.1) is 0 Å². The van der Waals surface area contributed by atoms with Crippen LogP contribution in [0.15, 0.2) is 0 Å². The Kier molecular flexibility index (Phi) is 65.2. The molecule has 0 spiro atoms. The molecule has 4 unspecified atom stereocenters. The first-order chi connectivity index (χ1) is 40.8. The summed E-state index contributed by atoms with van der Waals surface area (Å²) in [4.78, 5) is 101. The van der Waals surface area contributed by atoms with E-state index in [-0.39, 0.29) is 123 Å². The number of carbonyl (C=O) groups excluding carboxylic acids is 6. The number of carbonyl (C=O) groups is 6.